The number of hydroxylamine groups is 1. The Hall–Kier alpha value is -1.92. The molecule has 0 aliphatic heterocycles. The summed E-state index contributed by atoms with van der Waals surface area (Å²) in [6.45, 7) is 0. The molecule has 18 heavy (non-hydrogen) atoms. The maximum Gasteiger partial charge on any atom is 0.343 e. The van der Waals surface area contributed by atoms with Crippen molar-refractivity contribution in [1.29, 1.82) is 0 Å². The molecule has 0 N–H and O–H groups in total. The summed E-state index contributed by atoms with van der Waals surface area (Å²) in [5.74, 6) is 0.209. The molecule has 2 rings (SSSR count). The monoisotopic (exact) mass is 252 g/mol. The second-order valence-electron chi connectivity index (χ2n) is 4.57. The fourth-order valence-corrected chi connectivity index (χ4v) is 2.26. The molecule has 0 saturated heterocycles. The van der Waals surface area contributed by atoms with Crippen molar-refractivity contribution in [2.75, 3.05) is 0 Å². The second-order valence-corrected chi connectivity index (χ2v) is 4.57. The average molecular weight is 252 g/mol. The van der Waals surface area contributed by atoms with Gasteiger partial charge in [-0.25, -0.2) is 14.3 Å². The van der Waals surface area contributed by atoms with Crippen molar-refractivity contribution in [2.24, 2.45) is 7.05 Å². The van der Waals surface area contributed by atoms with E-state index >= 15 is 0 Å². The minimum Gasteiger partial charge on any atom is -0.623 e. The molecule has 1 aliphatic carbocycles. The van der Waals surface area contributed by atoms with Crippen molar-refractivity contribution in [2.45, 2.75) is 38.1 Å². The molecule has 98 valence electrons. The number of hydrogen-bond acceptors (Lipinski definition) is 4. The lowest BCUT2D eigenvalue weighted by Crippen LogP contribution is -2.26. The standard InChI is InChI=1S/C11H16N4O3/c1-13-10(12-7-11(13)15(17)18)8-14(16)9-5-3-2-4-6-9/h7-9H,2-6H2,1H3. The number of aromatic nitrogens is 2. The van der Waals surface area contributed by atoms with Crippen LogP contribution in [0.25, 0.3) is 0 Å². The first-order valence-electron chi connectivity index (χ1n) is 6.06. The Labute approximate surface area is 104 Å². The van der Waals surface area contributed by atoms with E-state index in [1.165, 1.54) is 30.4 Å². The molecule has 0 aromatic carbocycles. The number of imidazole rings is 1. The van der Waals surface area contributed by atoms with Crippen molar-refractivity contribution in [3.8, 4) is 0 Å². The quantitative estimate of drug-likeness (QED) is 0.269. The molecule has 1 heterocycles. The summed E-state index contributed by atoms with van der Waals surface area (Å²) in [6, 6.07) is -0.0190. The summed E-state index contributed by atoms with van der Waals surface area (Å²) in [5, 5.41) is 22.6. The van der Waals surface area contributed by atoms with E-state index in [0.717, 1.165) is 30.4 Å². The molecule has 0 amide bonds. The summed E-state index contributed by atoms with van der Waals surface area (Å²) >= 11 is 0. The van der Waals surface area contributed by atoms with Crippen LogP contribution in [0.2, 0.25) is 0 Å². The molecular weight excluding hydrogens is 236 g/mol. The molecule has 1 fully saturated rings. The second kappa shape index (κ2) is 5.16. The third-order valence-electron chi connectivity index (χ3n) is 3.36. The molecule has 0 bridgehead atoms. The van der Waals surface area contributed by atoms with E-state index < -0.39 is 4.92 Å². The minimum absolute atomic E-state index is 0.0190. The van der Waals surface area contributed by atoms with Crippen LogP contribution in [0.1, 0.15) is 37.9 Å². The summed E-state index contributed by atoms with van der Waals surface area (Å²) in [5.41, 5.74) is 0. The first-order valence-corrected chi connectivity index (χ1v) is 6.06. The lowest BCUT2D eigenvalue weighted by molar-refractivity contribution is -0.501. The molecule has 1 aromatic rings. The molecule has 1 saturated carbocycles. The molecule has 1 aromatic heterocycles. The molecule has 0 unspecified atom stereocenters. The van der Waals surface area contributed by atoms with E-state index in [1.807, 2.05) is 0 Å². The van der Waals surface area contributed by atoms with Crippen LogP contribution in [0, 0.1) is 15.3 Å². The number of nitrogens with zero attached hydrogens (tertiary/aromatic N) is 4. The summed E-state index contributed by atoms with van der Waals surface area (Å²) in [7, 11) is 1.53. The normalized spacial score (nSPS) is 17.9. The highest BCUT2D eigenvalue weighted by Gasteiger charge is 2.22. The highest BCUT2D eigenvalue weighted by Crippen LogP contribution is 2.20. The predicted molar refractivity (Wildman–Crippen MR) is 65.5 cm³/mol. The van der Waals surface area contributed by atoms with Crippen LogP contribution in [-0.4, -0.2) is 31.5 Å². The van der Waals surface area contributed by atoms with Gasteiger partial charge in [-0.05, 0) is 17.8 Å². The first-order chi connectivity index (χ1) is 8.59. The lowest BCUT2D eigenvalue weighted by Gasteiger charge is -2.20. The van der Waals surface area contributed by atoms with Gasteiger partial charge in [-0.1, -0.05) is 6.42 Å². The van der Waals surface area contributed by atoms with Gasteiger partial charge in [-0.2, -0.15) is 0 Å². The van der Waals surface area contributed by atoms with Gasteiger partial charge < -0.3 is 15.3 Å². The molecule has 0 radical (unpaired) electrons. The van der Waals surface area contributed by atoms with E-state index in [9.17, 15) is 15.3 Å². The minimum atomic E-state index is -0.514. The van der Waals surface area contributed by atoms with Crippen LogP contribution in [0.15, 0.2) is 6.20 Å². The third kappa shape index (κ3) is 2.49. The summed E-state index contributed by atoms with van der Waals surface area (Å²) in [6.07, 6.45) is 7.59. The largest absolute Gasteiger partial charge is 0.623 e. The Bertz CT molecular complexity index is 475. The Balaban J connectivity index is 2.18. The average Bonchev–Trinajstić information content (AvgIpc) is 2.72. The van der Waals surface area contributed by atoms with Crippen LogP contribution in [0.3, 0.4) is 0 Å². The third-order valence-corrected chi connectivity index (χ3v) is 3.36. The van der Waals surface area contributed by atoms with E-state index in [2.05, 4.69) is 4.98 Å². The maximum atomic E-state index is 11.9. The number of nitro groups is 1. The van der Waals surface area contributed by atoms with Gasteiger partial charge in [0, 0.05) is 12.8 Å². The zero-order chi connectivity index (χ0) is 13.1. The van der Waals surface area contributed by atoms with Gasteiger partial charge >= 0.3 is 5.82 Å². The van der Waals surface area contributed by atoms with Gasteiger partial charge in [0.2, 0.25) is 6.21 Å². The lowest BCUT2D eigenvalue weighted by atomic mass is 9.96. The van der Waals surface area contributed by atoms with Crippen molar-refractivity contribution >= 4 is 12.0 Å². The van der Waals surface area contributed by atoms with Crippen LogP contribution < -0.4 is 0 Å². The van der Waals surface area contributed by atoms with Gasteiger partial charge in [0.1, 0.15) is 6.20 Å². The highest BCUT2D eigenvalue weighted by atomic mass is 16.6. The van der Waals surface area contributed by atoms with Crippen molar-refractivity contribution < 1.29 is 9.66 Å². The maximum absolute atomic E-state index is 11.9. The van der Waals surface area contributed by atoms with Gasteiger partial charge in [0.05, 0.1) is 7.05 Å². The fraction of sp³-hybridized carbons (Fsp3) is 0.636. The van der Waals surface area contributed by atoms with Crippen LogP contribution in [-0.2, 0) is 7.05 Å². The highest BCUT2D eigenvalue weighted by molar-refractivity contribution is 5.71. The van der Waals surface area contributed by atoms with Crippen molar-refractivity contribution in [3.63, 3.8) is 0 Å². The smallest absolute Gasteiger partial charge is 0.343 e. The Morgan fingerprint density at radius 3 is 2.61 bits per heavy atom. The van der Waals surface area contributed by atoms with Crippen molar-refractivity contribution in [1.82, 2.24) is 9.55 Å². The zero-order valence-corrected chi connectivity index (χ0v) is 10.3. The van der Waals surface area contributed by atoms with Crippen molar-refractivity contribution in [3.05, 3.63) is 27.3 Å². The SMILES string of the molecule is Cn1c([N+](=O)[O-])cnc1C=[N+]([O-])C1CCCCC1. The van der Waals surface area contributed by atoms with Gasteiger partial charge in [0.15, 0.2) is 6.04 Å². The fourth-order valence-electron chi connectivity index (χ4n) is 2.26. The summed E-state index contributed by atoms with van der Waals surface area (Å²) in [4.78, 5) is 14.0. The number of hydrogen-bond donors (Lipinski definition) is 0. The first kappa shape index (κ1) is 12.5. The van der Waals surface area contributed by atoms with Gasteiger partial charge in [0.25, 0.3) is 5.82 Å². The van der Waals surface area contributed by atoms with Crippen LogP contribution in [0.4, 0.5) is 5.82 Å². The molecular formula is C11H16N4O3. The number of rotatable bonds is 3. The molecule has 0 atom stereocenters. The Morgan fingerprint density at radius 2 is 2.06 bits per heavy atom. The molecule has 1 aliphatic rings. The van der Waals surface area contributed by atoms with E-state index in [-0.39, 0.29) is 11.9 Å². The van der Waals surface area contributed by atoms with Gasteiger partial charge in [-0.3, -0.25) is 0 Å². The zero-order valence-electron chi connectivity index (χ0n) is 10.3. The molecule has 7 nitrogen and oxygen atoms in total. The molecule has 7 heteroatoms. The van der Waals surface area contributed by atoms with Crippen LogP contribution >= 0.6 is 0 Å². The van der Waals surface area contributed by atoms with Crippen LogP contribution in [0.5, 0.6) is 0 Å². The Kier molecular flexibility index (Phi) is 3.59. The van der Waals surface area contributed by atoms with E-state index in [1.54, 1.807) is 0 Å². The predicted octanol–water partition coefficient (Wildman–Crippen LogP) is 1.59. The topological polar surface area (TPSA) is 87.0 Å². The molecule has 0 spiro atoms. The van der Waals surface area contributed by atoms with Gasteiger partial charge in [-0.15, -0.1) is 0 Å². The van der Waals surface area contributed by atoms with E-state index in [4.69, 9.17) is 0 Å². The Morgan fingerprint density at radius 1 is 1.39 bits per heavy atom. The van der Waals surface area contributed by atoms with E-state index in [0.29, 0.717) is 5.82 Å². The summed E-state index contributed by atoms with van der Waals surface area (Å²) < 4.78 is 2.21.